The maximum absolute atomic E-state index is 8.58. The second kappa shape index (κ2) is 9.34. The topological polar surface area (TPSA) is 54.7 Å². The Morgan fingerprint density at radius 1 is 1.27 bits per heavy atom. The van der Waals surface area contributed by atoms with Crippen molar-refractivity contribution in [2.45, 2.75) is 6.42 Å². The fourth-order valence-electron chi connectivity index (χ4n) is 2.55. The molecule has 1 saturated heterocycles. The number of hydrogen-bond donors (Lipinski definition) is 1. The van der Waals surface area contributed by atoms with Gasteiger partial charge in [0, 0.05) is 45.0 Å². The molecule has 1 fully saturated rings. The van der Waals surface area contributed by atoms with Gasteiger partial charge in [0.15, 0.2) is 11.4 Å². The zero-order valence-electron chi connectivity index (χ0n) is 13.0. The summed E-state index contributed by atoms with van der Waals surface area (Å²) in [5.41, 5.74) is 1.32. The molecule has 1 aromatic rings. The highest BCUT2D eigenvalue weighted by Gasteiger charge is 2.16. The van der Waals surface area contributed by atoms with Crippen molar-refractivity contribution in [3.8, 4) is 6.19 Å². The van der Waals surface area contributed by atoms with E-state index in [0.29, 0.717) is 5.17 Å². The molecule has 0 spiro atoms. The lowest BCUT2D eigenvalue weighted by atomic mass is 10.2. The highest BCUT2D eigenvalue weighted by atomic mass is 32.2. The Morgan fingerprint density at radius 2 is 2.00 bits per heavy atom. The van der Waals surface area contributed by atoms with E-state index in [4.69, 9.17) is 5.26 Å². The summed E-state index contributed by atoms with van der Waals surface area (Å²) in [5, 5.41) is 11.9. The van der Waals surface area contributed by atoms with Gasteiger partial charge in [-0.05, 0) is 24.8 Å². The van der Waals surface area contributed by atoms with E-state index in [9.17, 15) is 0 Å². The van der Waals surface area contributed by atoms with Crippen molar-refractivity contribution in [1.82, 2.24) is 10.2 Å². The SMILES string of the molecule is CSC(=NCCCN1CCN(c2ccccc2)CC1)NC#N. The molecule has 1 heterocycles. The first-order valence-electron chi connectivity index (χ1n) is 7.59. The van der Waals surface area contributed by atoms with Crippen LogP contribution in [0.15, 0.2) is 35.3 Å². The number of nitriles is 1. The Hall–Kier alpha value is -1.71. The molecule has 1 aliphatic heterocycles. The summed E-state index contributed by atoms with van der Waals surface area (Å²) in [6, 6.07) is 10.6. The van der Waals surface area contributed by atoms with Crippen LogP contribution in [0.5, 0.6) is 0 Å². The largest absolute Gasteiger partial charge is 0.369 e. The van der Waals surface area contributed by atoms with Gasteiger partial charge in [0.05, 0.1) is 0 Å². The van der Waals surface area contributed by atoms with Crippen LogP contribution in [0.2, 0.25) is 0 Å². The second-order valence-corrected chi connectivity index (χ2v) is 5.94. The Kier molecular flexibility index (Phi) is 7.07. The molecular weight excluding hydrogens is 294 g/mol. The Bertz CT molecular complexity index is 503. The molecule has 0 aliphatic carbocycles. The lowest BCUT2D eigenvalue weighted by Gasteiger charge is -2.36. The van der Waals surface area contributed by atoms with Gasteiger partial charge in [0.2, 0.25) is 0 Å². The molecule has 22 heavy (non-hydrogen) atoms. The molecule has 1 aromatic carbocycles. The number of hydrogen-bond acceptors (Lipinski definition) is 5. The van der Waals surface area contributed by atoms with E-state index in [-0.39, 0.29) is 0 Å². The van der Waals surface area contributed by atoms with E-state index in [0.717, 1.165) is 45.7 Å². The van der Waals surface area contributed by atoms with Crippen molar-refractivity contribution >= 4 is 22.6 Å². The molecule has 118 valence electrons. The monoisotopic (exact) mass is 317 g/mol. The molecule has 0 unspecified atom stereocenters. The molecule has 6 heteroatoms. The Morgan fingerprint density at radius 3 is 2.64 bits per heavy atom. The van der Waals surface area contributed by atoms with Crippen LogP contribution in [0.25, 0.3) is 0 Å². The number of thioether (sulfide) groups is 1. The first-order chi connectivity index (χ1) is 10.8. The number of aliphatic imine (C=N–C) groups is 1. The highest BCUT2D eigenvalue weighted by Crippen LogP contribution is 2.15. The van der Waals surface area contributed by atoms with Crippen molar-refractivity contribution in [2.75, 3.05) is 50.4 Å². The van der Waals surface area contributed by atoms with Crippen molar-refractivity contribution in [1.29, 1.82) is 5.26 Å². The fourth-order valence-corrected chi connectivity index (χ4v) is 2.91. The van der Waals surface area contributed by atoms with Gasteiger partial charge in [-0.15, -0.1) is 0 Å². The molecule has 0 aromatic heterocycles. The van der Waals surface area contributed by atoms with Crippen LogP contribution in [-0.2, 0) is 0 Å². The molecule has 0 atom stereocenters. The smallest absolute Gasteiger partial charge is 0.183 e. The maximum Gasteiger partial charge on any atom is 0.183 e. The summed E-state index contributed by atoms with van der Waals surface area (Å²) in [6.45, 7) is 6.21. The van der Waals surface area contributed by atoms with Gasteiger partial charge in [-0.1, -0.05) is 30.0 Å². The van der Waals surface area contributed by atoms with E-state index in [2.05, 4.69) is 50.4 Å². The average molecular weight is 317 g/mol. The minimum atomic E-state index is 0.705. The number of benzene rings is 1. The zero-order chi connectivity index (χ0) is 15.6. The third-order valence-electron chi connectivity index (χ3n) is 3.74. The zero-order valence-corrected chi connectivity index (χ0v) is 13.9. The van der Waals surface area contributed by atoms with Crippen molar-refractivity contribution in [2.24, 2.45) is 4.99 Å². The summed E-state index contributed by atoms with van der Waals surface area (Å²) >= 11 is 1.47. The molecule has 1 N–H and O–H groups in total. The predicted molar refractivity (Wildman–Crippen MR) is 94.3 cm³/mol. The summed E-state index contributed by atoms with van der Waals surface area (Å²) in [6.07, 6.45) is 4.86. The van der Waals surface area contributed by atoms with Crippen LogP contribution in [0.3, 0.4) is 0 Å². The van der Waals surface area contributed by atoms with Crippen LogP contribution < -0.4 is 10.2 Å². The third kappa shape index (κ3) is 5.24. The van der Waals surface area contributed by atoms with Crippen molar-refractivity contribution in [3.63, 3.8) is 0 Å². The molecule has 0 saturated carbocycles. The van der Waals surface area contributed by atoms with E-state index >= 15 is 0 Å². The van der Waals surface area contributed by atoms with Gasteiger partial charge in [-0.2, -0.15) is 5.26 Å². The normalized spacial score (nSPS) is 16.4. The van der Waals surface area contributed by atoms with E-state index in [1.54, 1.807) is 0 Å². The number of para-hydroxylation sites is 1. The van der Waals surface area contributed by atoms with Gasteiger partial charge in [-0.25, -0.2) is 0 Å². The van der Waals surface area contributed by atoms with Crippen LogP contribution in [0.4, 0.5) is 5.69 Å². The molecular formula is C16H23N5S. The molecule has 1 aliphatic rings. The highest BCUT2D eigenvalue weighted by molar-refractivity contribution is 8.13. The minimum Gasteiger partial charge on any atom is -0.369 e. The average Bonchev–Trinajstić information content (AvgIpc) is 2.59. The number of nitrogens with one attached hydrogen (secondary N) is 1. The second-order valence-electron chi connectivity index (χ2n) is 5.15. The van der Waals surface area contributed by atoms with Crippen LogP contribution >= 0.6 is 11.8 Å². The fraction of sp³-hybridized carbons (Fsp3) is 0.500. The van der Waals surface area contributed by atoms with Gasteiger partial charge < -0.3 is 4.90 Å². The Balaban J connectivity index is 1.67. The quantitative estimate of drug-likeness (QED) is 0.296. The summed E-state index contributed by atoms with van der Waals surface area (Å²) in [7, 11) is 0. The van der Waals surface area contributed by atoms with Gasteiger partial charge >= 0.3 is 0 Å². The molecule has 0 amide bonds. The summed E-state index contributed by atoms with van der Waals surface area (Å²) < 4.78 is 0. The molecule has 0 bridgehead atoms. The van der Waals surface area contributed by atoms with E-state index in [1.807, 2.05) is 12.4 Å². The molecule has 2 rings (SSSR count). The molecule has 5 nitrogen and oxygen atoms in total. The van der Waals surface area contributed by atoms with Crippen molar-refractivity contribution < 1.29 is 0 Å². The van der Waals surface area contributed by atoms with Crippen LogP contribution in [-0.4, -0.2) is 55.6 Å². The first-order valence-corrected chi connectivity index (χ1v) is 8.82. The Labute approximate surface area is 137 Å². The lowest BCUT2D eigenvalue weighted by molar-refractivity contribution is 0.256. The third-order valence-corrected chi connectivity index (χ3v) is 4.36. The number of anilines is 1. The van der Waals surface area contributed by atoms with E-state index in [1.165, 1.54) is 17.4 Å². The van der Waals surface area contributed by atoms with Crippen LogP contribution in [0, 0.1) is 11.5 Å². The first kappa shape index (κ1) is 16.7. The minimum absolute atomic E-state index is 0.705. The molecule has 0 radical (unpaired) electrons. The number of rotatable bonds is 5. The number of piperazine rings is 1. The van der Waals surface area contributed by atoms with Gasteiger partial charge in [-0.3, -0.25) is 15.2 Å². The maximum atomic E-state index is 8.58. The van der Waals surface area contributed by atoms with Crippen LogP contribution in [0.1, 0.15) is 6.42 Å². The number of amidine groups is 1. The standard InChI is InChI=1S/C16H23N5S/c1-22-16(19-14-17)18-8-5-9-20-10-12-21(13-11-20)15-6-3-2-4-7-15/h2-4,6-7H,5,8-13H2,1H3,(H,18,19). The number of nitrogens with zero attached hydrogens (tertiary/aromatic N) is 4. The van der Waals surface area contributed by atoms with Crippen molar-refractivity contribution in [3.05, 3.63) is 30.3 Å². The summed E-state index contributed by atoms with van der Waals surface area (Å²) in [4.78, 5) is 9.32. The predicted octanol–water partition coefficient (Wildman–Crippen LogP) is 1.99. The van der Waals surface area contributed by atoms with E-state index < -0.39 is 0 Å². The van der Waals surface area contributed by atoms with Gasteiger partial charge in [0.1, 0.15) is 0 Å². The van der Waals surface area contributed by atoms with Gasteiger partial charge in [0.25, 0.3) is 0 Å². The summed E-state index contributed by atoms with van der Waals surface area (Å²) in [5.74, 6) is 0. The lowest BCUT2D eigenvalue weighted by Crippen LogP contribution is -2.46.